The molecule has 4 aliphatic rings. The van der Waals surface area contributed by atoms with E-state index in [1.54, 1.807) is 6.08 Å². The van der Waals surface area contributed by atoms with Gasteiger partial charge >= 0.3 is 5.97 Å². The van der Waals surface area contributed by atoms with E-state index in [9.17, 15) is 4.79 Å². The Morgan fingerprint density at radius 2 is 1.70 bits per heavy atom. The first-order valence-corrected chi connectivity index (χ1v) is 12.4. The minimum atomic E-state index is -0.171. The maximum atomic E-state index is 12.6. The van der Waals surface area contributed by atoms with Gasteiger partial charge in [-0.1, -0.05) is 57.0 Å². The fraction of sp³-hybridized carbons (Fsp3) is 0.679. The number of hydrogen-bond donors (Lipinski definition) is 0. The summed E-state index contributed by atoms with van der Waals surface area (Å²) in [4.78, 5) is 12.6. The van der Waals surface area contributed by atoms with Crippen molar-refractivity contribution in [3.05, 3.63) is 42.0 Å². The van der Waals surface area contributed by atoms with Crippen LogP contribution in [-0.2, 0) is 9.53 Å². The second kappa shape index (κ2) is 7.84. The number of ether oxygens (including phenoxy) is 1. The van der Waals surface area contributed by atoms with E-state index >= 15 is 0 Å². The molecule has 4 aliphatic carbocycles. The van der Waals surface area contributed by atoms with Crippen molar-refractivity contribution in [3.8, 4) is 0 Å². The molecular formula is C28H38O2. The van der Waals surface area contributed by atoms with Crippen LogP contribution in [0.2, 0.25) is 0 Å². The van der Waals surface area contributed by atoms with Crippen LogP contribution in [0.15, 0.2) is 36.4 Å². The molecule has 7 atom stereocenters. The fourth-order valence-corrected chi connectivity index (χ4v) is 8.35. The van der Waals surface area contributed by atoms with Crippen LogP contribution < -0.4 is 0 Å². The van der Waals surface area contributed by atoms with Gasteiger partial charge in [-0.05, 0) is 92.1 Å². The zero-order valence-corrected chi connectivity index (χ0v) is 18.8. The van der Waals surface area contributed by atoms with Crippen LogP contribution in [0.25, 0.3) is 6.08 Å². The lowest BCUT2D eigenvalue weighted by Gasteiger charge is -2.60. The Morgan fingerprint density at radius 1 is 0.900 bits per heavy atom. The van der Waals surface area contributed by atoms with Crippen LogP contribution >= 0.6 is 0 Å². The van der Waals surface area contributed by atoms with Crippen molar-refractivity contribution >= 4 is 12.0 Å². The van der Waals surface area contributed by atoms with Gasteiger partial charge in [-0.3, -0.25) is 0 Å². The van der Waals surface area contributed by atoms with E-state index in [-0.39, 0.29) is 17.5 Å². The molecule has 0 saturated heterocycles. The summed E-state index contributed by atoms with van der Waals surface area (Å²) in [7, 11) is 0. The van der Waals surface area contributed by atoms with Gasteiger partial charge in [-0.2, -0.15) is 0 Å². The van der Waals surface area contributed by atoms with Gasteiger partial charge in [0.05, 0.1) is 0 Å². The minimum absolute atomic E-state index is 0.0910. The van der Waals surface area contributed by atoms with Crippen LogP contribution in [0.1, 0.15) is 83.6 Å². The molecule has 2 heteroatoms. The van der Waals surface area contributed by atoms with Crippen LogP contribution in [-0.4, -0.2) is 12.1 Å². The Bertz CT molecular complexity index is 798. The summed E-state index contributed by atoms with van der Waals surface area (Å²) in [5, 5.41) is 0. The third kappa shape index (κ3) is 3.35. The smallest absolute Gasteiger partial charge is 0.331 e. The molecule has 1 aromatic rings. The Balaban J connectivity index is 1.28. The highest BCUT2D eigenvalue weighted by Gasteiger charge is 2.60. The van der Waals surface area contributed by atoms with Gasteiger partial charge in [0.1, 0.15) is 6.10 Å². The molecule has 4 fully saturated rings. The fourth-order valence-electron chi connectivity index (χ4n) is 8.35. The van der Waals surface area contributed by atoms with Crippen molar-refractivity contribution in [2.45, 2.75) is 84.2 Å². The molecule has 0 spiro atoms. The van der Waals surface area contributed by atoms with E-state index in [0.29, 0.717) is 5.41 Å². The van der Waals surface area contributed by atoms with Crippen molar-refractivity contribution in [2.24, 2.45) is 34.5 Å². The van der Waals surface area contributed by atoms with Crippen molar-refractivity contribution in [3.63, 3.8) is 0 Å². The number of hydrogen-bond acceptors (Lipinski definition) is 2. The lowest BCUT2D eigenvalue weighted by atomic mass is 9.45. The third-order valence-electron chi connectivity index (χ3n) is 9.97. The van der Waals surface area contributed by atoms with Crippen molar-refractivity contribution in [2.75, 3.05) is 0 Å². The normalized spacial score (nSPS) is 42.9. The lowest BCUT2D eigenvalue weighted by Crippen LogP contribution is -2.53. The van der Waals surface area contributed by atoms with Crippen molar-refractivity contribution in [1.82, 2.24) is 0 Å². The molecule has 0 aliphatic heterocycles. The molecule has 2 nitrogen and oxygen atoms in total. The second-order valence-corrected chi connectivity index (χ2v) is 11.2. The quantitative estimate of drug-likeness (QED) is 0.397. The molecule has 0 N–H and O–H groups in total. The second-order valence-electron chi connectivity index (χ2n) is 11.2. The highest BCUT2D eigenvalue weighted by Crippen LogP contribution is 2.66. The SMILES string of the molecule is C[C@]12CCCC[C@@H]1CC[C@@H]1[C@@H]2CC[C@]2(C)[C@@H](OC(=O)/C=C/c3ccccc3)CC[C@@H]12. The monoisotopic (exact) mass is 406 g/mol. The van der Waals surface area contributed by atoms with Crippen molar-refractivity contribution in [1.29, 1.82) is 0 Å². The number of rotatable bonds is 3. The first-order chi connectivity index (χ1) is 14.5. The van der Waals surface area contributed by atoms with Gasteiger partial charge in [-0.15, -0.1) is 0 Å². The van der Waals surface area contributed by atoms with Gasteiger partial charge in [0.15, 0.2) is 0 Å². The summed E-state index contributed by atoms with van der Waals surface area (Å²) in [5.41, 5.74) is 1.80. The Kier molecular flexibility index (Phi) is 5.32. The van der Waals surface area contributed by atoms with Gasteiger partial charge in [0.25, 0.3) is 0 Å². The van der Waals surface area contributed by atoms with E-state index in [2.05, 4.69) is 13.8 Å². The largest absolute Gasteiger partial charge is 0.459 e. The van der Waals surface area contributed by atoms with E-state index < -0.39 is 0 Å². The molecule has 0 heterocycles. The maximum Gasteiger partial charge on any atom is 0.331 e. The van der Waals surface area contributed by atoms with E-state index in [4.69, 9.17) is 4.74 Å². The summed E-state index contributed by atoms with van der Waals surface area (Å²) < 4.78 is 6.09. The number of carbonyl (C=O) groups excluding carboxylic acids is 1. The molecule has 5 rings (SSSR count). The third-order valence-corrected chi connectivity index (χ3v) is 9.97. The zero-order valence-electron chi connectivity index (χ0n) is 18.8. The molecule has 0 radical (unpaired) electrons. The Labute approximate surface area is 182 Å². The van der Waals surface area contributed by atoms with E-state index in [0.717, 1.165) is 35.7 Å². The van der Waals surface area contributed by atoms with E-state index in [1.165, 1.54) is 57.8 Å². The summed E-state index contributed by atoms with van der Waals surface area (Å²) >= 11 is 0. The van der Waals surface area contributed by atoms with E-state index in [1.807, 2.05) is 36.4 Å². The van der Waals surface area contributed by atoms with Gasteiger partial charge < -0.3 is 4.74 Å². The Hall–Kier alpha value is -1.57. The summed E-state index contributed by atoms with van der Waals surface area (Å²) in [6.45, 7) is 5.08. The average molecular weight is 407 g/mol. The summed E-state index contributed by atoms with van der Waals surface area (Å²) in [6.07, 6.45) is 17.1. The standard InChI is InChI=1S/C28H38O2/c1-27-18-7-6-10-21(27)12-13-22-23-14-15-25(28(23,2)19-17-24(22)27)30-26(29)16-11-20-8-4-3-5-9-20/h3-5,8-9,11,16,21-25H,6-7,10,12-15,17-19H2,1-2H3/b16-11+/t21-,22+,23+,24+,25+,27+,28+/m1/s1. The average Bonchev–Trinajstić information content (AvgIpc) is 3.09. The van der Waals surface area contributed by atoms with Crippen LogP contribution in [0.4, 0.5) is 0 Å². The van der Waals surface area contributed by atoms with Crippen LogP contribution in [0, 0.1) is 34.5 Å². The van der Waals surface area contributed by atoms with Crippen LogP contribution in [0.5, 0.6) is 0 Å². The first kappa shape index (κ1) is 20.3. The van der Waals surface area contributed by atoms with Crippen molar-refractivity contribution < 1.29 is 9.53 Å². The predicted octanol–water partition coefficient (Wildman–Crippen LogP) is 7.04. The number of benzene rings is 1. The summed E-state index contributed by atoms with van der Waals surface area (Å²) in [6, 6.07) is 10.0. The topological polar surface area (TPSA) is 26.3 Å². The highest BCUT2D eigenvalue weighted by atomic mass is 16.5. The highest BCUT2D eigenvalue weighted by molar-refractivity contribution is 5.87. The lowest BCUT2D eigenvalue weighted by molar-refractivity contribution is -0.158. The van der Waals surface area contributed by atoms with Gasteiger partial charge in [0, 0.05) is 11.5 Å². The number of esters is 1. The molecule has 0 bridgehead atoms. The molecule has 162 valence electrons. The minimum Gasteiger partial charge on any atom is -0.459 e. The molecule has 1 aromatic carbocycles. The zero-order chi connectivity index (χ0) is 20.8. The maximum absolute atomic E-state index is 12.6. The molecular weight excluding hydrogens is 368 g/mol. The van der Waals surface area contributed by atoms with Gasteiger partial charge in [0.2, 0.25) is 0 Å². The molecule has 0 unspecified atom stereocenters. The van der Waals surface area contributed by atoms with Crippen LogP contribution in [0.3, 0.4) is 0 Å². The van der Waals surface area contributed by atoms with Gasteiger partial charge in [-0.25, -0.2) is 4.79 Å². The number of fused-ring (bicyclic) bond motifs is 5. The molecule has 0 amide bonds. The first-order valence-electron chi connectivity index (χ1n) is 12.4. The number of carbonyl (C=O) groups is 1. The molecule has 4 saturated carbocycles. The Morgan fingerprint density at radius 3 is 2.53 bits per heavy atom. The molecule has 0 aromatic heterocycles. The molecule has 30 heavy (non-hydrogen) atoms. The summed E-state index contributed by atoms with van der Waals surface area (Å²) in [5.74, 6) is 3.30. The predicted molar refractivity (Wildman–Crippen MR) is 122 cm³/mol.